The topological polar surface area (TPSA) is 55.9 Å². The van der Waals surface area contributed by atoms with Gasteiger partial charge in [-0.25, -0.2) is 0 Å². The second kappa shape index (κ2) is 5.88. The standard InChI is InChI=1S/C13H26N4O2S/c1-12-4-2-3-7-17(12)20(18,19)16-10-13(11-16)15-8-5-14-6-9-15/h12-14H,2-11H2,1H3. The predicted octanol–water partition coefficient (Wildman–Crippen LogP) is -0.305. The van der Waals surface area contributed by atoms with Gasteiger partial charge in [-0.2, -0.15) is 17.0 Å². The van der Waals surface area contributed by atoms with Crippen molar-refractivity contribution in [1.82, 2.24) is 18.8 Å². The van der Waals surface area contributed by atoms with Crippen LogP contribution in [0, 0.1) is 0 Å². The second-order valence-corrected chi connectivity index (χ2v) is 8.10. The Morgan fingerprint density at radius 3 is 2.40 bits per heavy atom. The molecular weight excluding hydrogens is 276 g/mol. The molecule has 3 aliphatic heterocycles. The molecule has 0 saturated carbocycles. The average molecular weight is 302 g/mol. The highest BCUT2D eigenvalue weighted by molar-refractivity contribution is 7.86. The summed E-state index contributed by atoms with van der Waals surface area (Å²) >= 11 is 0. The summed E-state index contributed by atoms with van der Waals surface area (Å²) in [5.74, 6) is 0. The van der Waals surface area contributed by atoms with Gasteiger partial charge in [-0.05, 0) is 19.8 Å². The lowest BCUT2D eigenvalue weighted by atomic mass is 10.1. The van der Waals surface area contributed by atoms with Crippen molar-refractivity contribution in [2.24, 2.45) is 0 Å². The zero-order chi connectivity index (χ0) is 14.2. The zero-order valence-corrected chi connectivity index (χ0v) is 13.1. The molecule has 1 atom stereocenters. The van der Waals surface area contributed by atoms with Crippen LogP contribution in [-0.2, 0) is 10.2 Å². The largest absolute Gasteiger partial charge is 0.314 e. The van der Waals surface area contributed by atoms with Gasteiger partial charge in [-0.15, -0.1) is 0 Å². The SMILES string of the molecule is CC1CCCCN1S(=O)(=O)N1CC(N2CCNCC2)C1. The van der Waals surface area contributed by atoms with E-state index in [-0.39, 0.29) is 6.04 Å². The van der Waals surface area contributed by atoms with Crippen LogP contribution in [-0.4, -0.2) is 79.8 Å². The third-order valence-electron chi connectivity index (χ3n) is 4.86. The molecule has 0 bridgehead atoms. The van der Waals surface area contributed by atoms with Gasteiger partial charge in [-0.3, -0.25) is 4.90 Å². The number of nitrogens with one attached hydrogen (secondary N) is 1. The first kappa shape index (κ1) is 14.7. The van der Waals surface area contributed by atoms with Crippen molar-refractivity contribution in [3.8, 4) is 0 Å². The normalized spacial score (nSPS) is 32.1. The van der Waals surface area contributed by atoms with Crippen molar-refractivity contribution < 1.29 is 8.42 Å². The van der Waals surface area contributed by atoms with Gasteiger partial charge in [0.15, 0.2) is 0 Å². The quantitative estimate of drug-likeness (QED) is 0.777. The maximum Gasteiger partial charge on any atom is 0.282 e. The van der Waals surface area contributed by atoms with E-state index in [4.69, 9.17) is 0 Å². The molecule has 3 aliphatic rings. The highest BCUT2D eigenvalue weighted by atomic mass is 32.2. The van der Waals surface area contributed by atoms with Crippen LogP contribution in [0.5, 0.6) is 0 Å². The maximum atomic E-state index is 12.6. The molecule has 3 rings (SSSR count). The fourth-order valence-electron chi connectivity index (χ4n) is 3.45. The van der Waals surface area contributed by atoms with Crippen LogP contribution in [0.1, 0.15) is 26.2 Å². The van der Waals surface area contributed by atoms with Crippen molar-refractivity contribution in [3.05, 3.63) is 0 Å². The third-order valence-corrected chi connectivity index (χ3v) is 6.95. The number of piperidine rings is 1. The van der Waals surface area contributed by atoms with Crippen LogP contribution in [0.3, 0.4) is 0 Å². The lowest BCUT2D eigenvalue weighted by Gasteiger charge is -2.48. The van der Waals surface area contributed by atoms with Crippen molar-refractivity contribution >= 4 is 10.2 Å². The monoisotopic (exact) mass is 302 g/mol. The Kier molecular flexibility index (Phi) is 4.33. The lowest BCUT2D eigenvalue weighted by molar-refractivity contribution is 0.0707. The molecule has 20 heavy (non-hydrogen) atoms. The van der Waals surface area contributed by atoms with Gasteiger partial charge in [0.05, 0.1) is 0 Å². The number of nitrogens with zero attached hydrogens (tertiary/aromatic N) is 3. The minimum Gasteiger partial charge on any atom is -0.314 e. The molecule has 7 heteroatoms. The van der Waals surface area contributed by atoms with E-state index >= 15 is 0 Å². The summed E-state index contributed by atoms with van der Waals surface area (Å²) in [5.41, 5.74) is 0. The van der Waals surface area contributed by atoms with Crippen LogP contribution in [0.2, 0.25) is 0 Å². The molecule has 0 aromatic rings. The van der Waals surface area contributed by atoms with Crippen LogP contribution >= 0.6 is 0 Å². The van der Waals surface area contributed by atoms with E-state index < -0.39 is 10.2 Å². The van der Waals surface area contributed by atoms with Gasteiger partial charge in [0.2, 0.25) is 0 Å². The molecular formula is C13H26N4O2S. The van der Waals surface area contributed by atoms with Crippen molar-refractivity contribution in [2.45, 2.75) is 38.3 Å². The summed E-state index contributed by atoms with van der Waals surface area (Å²) < 4.78 is 28.6. The van der Waals surface area contributed by atoms with Gasteiger partial charge in [0.25, 0.3) is 10.2 Å². The van der Waals surface area contributed by atoms with Crippen molar-refractivity contribution in [3.63, 3.8) is 0 Å². The van der Waals surface area contributed by atoms with Crippen molar-refractivity contribution in [1.29, 1.82) is 0 Å². The van der Waals surface area contributed by atoms with E-state index in [0.29, 0.717) is 25.7 Å². The number of piperazine rings is 1. The summed E-state index contributed by atoms with van der Waals surface area (Å²) in [6.07, 6.45) is 3.14. The Labute approximate surface area is 122 Å². The molecule has 1 N–H and O–H groups in total. The smallest absolute Gasteiger partial charge is 0.282 e. The molecule has 0 amide bonds. The molecule has 3 saturated heterocycles. The highest BCUT2D eigenvalue weighted by Gasteiger charge is 2.43. The van der Waals surface area contributed by atoms with E-state index in [9.17, 15) is 8.42 Å². The van der Waals surface area contributed by atoms with Crippen LogP contribution in [0.25, 0.3) is 0 Å². The van der Waals surface area contributed by atoms with Gasteiger partial charge in [0, 0.05) is 57.9 Å². The molecule has 116 valence electrons. The van der Waals surface area contributed by atoms with Gasteiger partial charge in [0.1, 0.15) is 0 Å². The number of hydrogen-bond donors (Lipinski definition) is 1. The fourth-order valence-corrected chi connectivity index (χ4v) is 5.38. The molecule has 0 spiro atoms. The number of hydrogen-bond acceptors (Lipinski definition) is 4. The van der Waals surface area contributed by atoms with E-state index in [1.54, 1.807) is 8.61 Å². The van der Waals surface area contributed by atoms with Crippen molar-refractivity contribution in [2.75, 3.05) is 45.8 Å². The van der Waals surface area contributed by atoms with Crippen LogP contribution in [0.15, 0.2) is 0 Å². The first-order chi connectivity index (χ1) is 9.59. The average Bonchev–Trinajstić information content (AvgIpc) is 2.38. The second-order valence-electron chi connectivity index (χ2n) is 6.22. The number of rotatable bonds is 3. The van der Waals surface area contributed by atoms with Crippen LogP contribution in [0.4, 0.5) is 0 Å². The Bertz CT molecular complexity index is 430. The van der Waals surface area contributed by atoms with Gasteiger partial charge in [-0.1, -0.05) is 6.42 Å². The molecule has 6 nitrogen and oxygen atoms in total. The predicted molar refractivity (Wildman–Crippen MR) is 78.7 cm³/mol. The Morgan fingerprint density at radius 2 is 1.75 bits per heavy atom. The Balaban J connectivity index is 1.57. The fraction of sp³-hybridized carbons (Fsp3) is 1.00. The van der Waals surface area contributed by atoms with Gasteiger partial charge < -0.3 is 5.32 Å². The molecule has 0 aromatic heterocycles. The molecule has 1 unspecified atom stereocenters. The molecule has 3 fully saturated rings. The summed E-state index contributed by atoms with van der Waals surface area (Å²) in [5, 5.41) is 3.33. The summed E-state index contributed by atoms with van der Waals surface area (Å²) in [6.45, 7) is 8.19. The van der Waals surface area contributed by atoms with Gasteiger partial charge >= 0.3 is 0 Å². The zero-order valence-electron chi connectivity index (χ0n) is 12.3. The summed E-state index contributed by atoms with van der Waals surface area (Å²) in [7, 11) is -3.22. The first-order valence-electron chi connectivity index (χ1n) is 7.81. The highest BCUT2D eigenvalue weighted by Crippen LogP contribution is 2.26. The first-order valence-corrected chi connectivity index (χ1v) is 9.20. The maximum absolute atomic E-state index is 12.6. The lowest BCUT2D eigenvalue weighted by Crippen LogP contribution is -2.66. The summed E-state index contributed by atoms with van der Waals surface area (Å²) in [6, 6.07) is 0.582. The Hall–Kier alpha value is -0.210. The Morgan fingerprint density at radius 1 is 1.05 bits per heavy atom. The molecule has 3 heterocycles. The molecule has 0 aliphatic carbocycles. The molecule has 0 radical (unpaired) electrons. The van der Waals surface area contributed by atoms with E-state index in [1.165, 1.54) is 0 Å². The van der Waals surface area contributed by atoms with E-state index in [2.05, 4.69) is 10.2 Å². The van der Waals surface area contributed by atoms with Crippen LogP contribution < -0.4 is 5.32 Å². The molecule has 0 aromatic carbocycles. The minimum atomic E-state index is -3.22. The third kappa shape index (κ3) is 2.74. The van der Waals surface area contributed by atoms with E-state index in [1.807, 2.05) is 6.92 Å². The van der Waals surface area contributed by atoms with E-state index in [0.717, 1.165) is 45.4 Å². The minimum absolute atomic E-state index is 0.159. The summed E-state index contributed by atoms with van der Waals surface area (Å²) in [4.78, 5) is 2.42.